The SMILES string of the molecule is O=C(CSc1nnc(-c2cccnc2)n1-c1ccccc1F)NNC(=O)c1ccccc1. The number of hydrogen-bond acceptors (Lipinski definition) is 6. The molecule has 0 atom stereocenters. The third-order valence-electron chi connectivity index (χ3n) is 4.33. The van der Waals surface area contributed by atoms with E-state index in [2.05, 4.69) is 26.0 Å². The molecule has 2 aromatic carbocycles. The predicted molar refractivity (Wildman–Crippen MR) is 117 cm³/mol. The number of pyridine rings is 1. The van der Waals surface area contributed by atoms with Gasteiger partial charge in [-0.1, -0.05) is 42.1 Å². The van der Waals surface area contributed by atoms with Gasteiger partial charge in [0.05, 0.1) is 11.4 Å². The van der Waals surface area contributed by atoms with Crippen molar-refractivity contribution in [3.63, 3.8) is 0 Å². The van der Waals surface area contributed by atoms with Crippen molar-refractivity contribution in [2.45, 2.75) is 5.16 Å². The number of halogens is 1. The minimum atomic E-state index is -0.459. The third kappa shape index (κ3) is 4.81. The number of carbonyl (C=O) groups excluding carboxylic acids is 2. The summed E-state index contributed by atoms with van der Waals surface area (Å²) in [5.41, 5.74) is 6.03. The highest BCUT2D eigenvalue weighted by Gasteiger charge is 2.19. The Morgan fingerprint density at radius 2 is 1.72 bits per heavy atom. The largest absolute Gasteiger partial charge is 0.272 e. The number of aromatic nitrogens is 4. The summed E-state index contributed by atoms with van der Waals surface area (Å²) >= 11 is 1.06. The van der Waals surface area contributed by atoms with Crippen LogP contribution in [0.25, 0.3) is 17.1 Å². The smallest absolute Gasteiger partial charge is 0.269 e. The van der Waals surface area contributed by atoms with Gasteiger partial charge in [-0.15, -0.1) is 10.2 Å². The first kappa shape index (κ1) is 21.2. The quantitative estimate of drug-likeness (QED) is 0.347. The average Bonchev–Trinajstić information content (AvgIpc) is 3.26. The van der Waals surface area contributed by atoms with Crippen LogP contribution in [0, 0.1) is 5.82 Å². The summed E-state index contributed by atoms with van der Waals surface area (Å²) in [6.07, 6.45) is 3.22. The van der Waals surface area contributed by atoms with E-state index in [4.69, 9.17) is 0 Å². The molecule has 0 saturated heterocycles. The number of carbonyl (C=O) groups is 2. The first-order chi connectivity index (χ1) is 15.6. The van der Waals surface area contributed by atoms with Gasteiger partial charge >= 0.3 is 0 Å². The Morgan fingerprint density at radius 3 is 2.47 bits per heavy atom. The Morgan fingerprint density at radius 1 is 0.938 bits per heavy atom. The summed E-state index contributed by atoms with van der Waals surface area (Å²) in [7, 11) is 0. The Hall–Kier alpha value is -4.05. The molecule has 32 heavy (non-hydrogen) atoms. The van der Waals surface area contributed by atoms with Gasteiger partial charge in [-0.05, 0) is 36.4 Å². The van der Waals surface area contributed by atoms with Gasteiger partial charge in [0.25, 0.3) is 5.91 Å². The molecule has 0 radical (unpaired) electrons. The second-order valence-corrected chi connectivity index (χ2v) is 7.43. The molecule has 8 nitrogen and oxygen atoms in total. The lowest BCUT2D eigenvalue weighted by atomic mass is 10.2. The topological polar surface area (TPSA) is 102 Å². The van der Waals surface area contributed by atoms with Gasteiger partial charge in [0.1, 0.15) is 5.82 Å². The van der Waals surface area contributed by atoms with Crippen LogP contribution in [0.1, 0.15) is 10.4 Å². The van der Waals surface area contributed by atoms with E-state index in [0.717, 1.165) is 11.8 Å². The minimum Gasteiger partial charge on any atom is -0.272 e. The van der Waals surface area contributed by atoms with Crippen LogP contribution in [-0.2, 0) is 4.79 Å². The molecule has 0 saturated carbocycles. The van der Waals surface area contributed by atoms with Crippen LogP contribution in [0.2, 0.25) is 0 Å². The molecule has 2 N–H and O–H groups in total. The second-order valence-electron chi connectivity index (χ2n) is 6.49. The van der Waals surface area contributed by atoms with Crippen LogP contribution in [0.4, 0.5) is 4.39 Å². The molecule has 2 amide bonds. The van der Waals surface area contributed by atoms with Crippen molar-refractivity contribution < 1.29 is 14.0 Å². The fraction of sp³-hybridized carbons (Fsp3) is 0.0455. The van der Waals surface area contributed by atoms with Crippen LogP contribution in [0.3, 0.4) is 0 Å². The van der Waals surface area contributed by atoms with Crippen molar-refractivity contribution in [1.82, 2.24) is 30.6 Å². The summed E-state index contributed by atoms with van der Waals surface area (Å²) in [6.45, 7) is 0. The number of hydrazine groups is 1. The monoisotopic (exact) mass is 448 g/mol. The van der Waals surface area contributed by atoms with Crippen molar-refractivity contribution in [3.8, 4) is 17.1 Å². The van der Waals surface area contributed by atoms with E-state index >= 15 is 0 Å². The first-order valence-electron chi connectivity index (χ1n) is 9.51. The van der Waals surface area contributed by atoms with Crippen molar-refractivity contribution in [2.24, 2.45) is 0 Å². The fourth-order valence-corrected chi connectivity index (χ4v) is 3.59. The molecular weight excluding hydrogens is 431 g/mol. The molecule has 0 fully saturated rings. The lowest BCUT2D eigenvalue weighted by Gasteiger charge is -2.11. The Bertz CT molecular complexity index is 1230. The zero-order valence-corrected chi connectivity index (χ0v) is 17.4. The Kier molecular flexibility index (Phi) is 6.52. The van der Waals surface area contributed by atoms with Gasteiger partial charge in [-0.25, -0.2) is 4.39 Å². The third-order valence-corrected chi connectivity index (χ3v) is 5.26. The van der Waals surface area contributed by atoms with Crippen LogP contribution in [0.5, 0.6) is 0 Å². The zero-order valence-electron chi connectivity index (χ0n) is 16.6. The molecule has 4 aromatic rings. The maximum absolute atomic E-state index is 14.6. The Balaban J connectivity index is 1.50. The van der Waals surface area contributed by atoms with Crippen LogP contribution >= 0.6 is 11.8 Å². The van der Waals surface area contributed by atoms with Crippen molar-refractivity contribution in [3.05, 3.63) is 90.5 Å². The molecular formula is C22H17FN6O2S. The standard InChI is InChI=1S/C22H17FN6O2S/c23-17-10-4-5-11-18(17)29-20(16-9-6-12-24-13-16)26-28-22(29)32-14-19(30)25-27-21(31)15-7-2-1-3-8-15/h1-13H,14H2,(H,25,30)(H,27,31). The highest BCUT2D eigenvalue weighted by atomic mass is 32.2. The van der Waals surface area contributed by atoms with Gasteiger partial charge in [-0.2, -0.15) is 0 Å². The molecule has 2 heterocycles. The normalized spacial score (nSPS) is 10.5. The molecule has 0 unspecified atom stereocenters. The van der Waals surface area contributed by atoms with Crippen molar-refractivity contribution in [1.29, 1.82) is 0 Å². The molecule has 0 aliphatic rings. The summed E-state index contributed by atoms with van der Waals surface area (Å²) in [4.78, 5) is 28.4. The van der Waals surface area contributed by atoms with Gasteiger partial charge in [-0.3, -0.25) is 30.0 Å². The minimum absolute atomic E-state index is 0.0747. The maximum atomic E-state index is 14.6. The summed E-state index contributed by atoms with van der Waals surface area (Å²) in [6, 6.07) is 18.3. The molecule has 0 aliphatic carbocycles. The lowest BCUT2D eigenvalue weighted by Crippen LogP contribution is -2.42. The van der Waals surface area contributed by atoms with Gasteiger partial charge in [0, 0.05) is 23.5 Å². The van der Waals surface area contributed by atoms with Crippen LogP contribution < -0.4 is 10.9 Å². The lowest BCUT2D eigenvalue weighted by molar-refractivity contribution is -0.119. The number of para-hydroxylation sites is 1. The average molecular weight is 448 g/mol. The number of thioether (sulfide) groups is 1. The number of benzene rings is 2. The molecule has 160 valence electrons. The van der Waals surface area contributed by atoms with E-state index in [0.29, 0.717) is 22.1 Å². The van der Waals surface area contributed by atoms with Gasteiger partial charge in [0.15, 0.2) is 11.0 Å². The molecule has 0 aliphatic heterocycles. The number of amides is 2. The molecule has 0 bridgehead atoms. The Labute approximate surface area is 186 Å². The van der Waals surface area contributed by atoms with E-state index in [1.807, 2.05) is 0 Å². The first-order valence-corrected chi connectivity index (χ1v) is 10.5. The van der Waals surface area contributed by atoms with Crippen LogP contribution in [0.15, 0.2) is 84.3 Å². The van der Waals surface area contributed by atoms with Crippen molar-refractivity contribution >= 4 is 23.6 Å². The highest BCUT2D eigenvalue weighted by Crippen LogP contribution is 2.28. The molecule has 0 spiro atoms. The van der Waals surface area contributed by atoms with E-state index in [-0.39, 0.29) is 11.4 Å². The number of nitrogens with one attached hydrogen (secondary N) is 2. The molecule has 2 aromatic heterocycles. The van der Waals surface area contributed by atoms with E-state index in [1.165, 1.54) is 10.6 Å². The van der Waals surface area contributed by atoms with E-state index < -0.39 is 17.6 Å². The van der Waals surface area contributed by atoms with E-state index in [9.17, 15) is 14.0 Å². The number of hydrogen-bond donors (Lipinski definition) is 2. The predicted octanol–water partition coefficient (Wildman–Crippen LogP) is 3.02. The summed E-state index contributed by atoms with van der Waals surface area (Å²) < 4.78 is 16.1. The summed E-state index contributed by atoms with van der Waals surface area (Å²) in [5.74, 6) is -1.03. The van der Waals surface area contributed by atoms with Gasteiger partial charge in [0.2, 0.25) is 5.91 Å². The highest BCUT2D eigenvalue weighted by molar-refractivity contribution is 7.99. The zero-order chi connectivity index (χ0) is 22.3. The fourth-order valence-electron chi connectivity index (χ4n) is 2.85. The summed E-state index contributed by atoms with van der Waals surface area (Å²) in [5, 5.41) is 8.64. The van der Waals surface area contributed by atoms with E-state index in [1.54, 1.807) is 73.1 Å². The number of rotatable bonds is 6. The second kappa shape index (κ2) is 9.84. The number of nitrogens with zero attached hydrogens (tertiary/aromatic N) is 4. The van der Waals surface area contributed by atoms with Crippen molar-refractivity contribution in [2.75, 3.05) is 5.75 Å². The molecule has 4 rings (SSSR count). The van der Waals surface area contributed by atoms with Crippen LogP contribution in [-0.4, -0.2) is 37.3 Å². The molecule has 10 heteroatoms. The van der Waals surface area contributed by atoms with Gasteiger partial charge < -0.3 is 0 Å². The maximum Gasteiger partial charge on any atom is 0.269 e.